The van der Waals surface area contributed by atoms with Crippen LogP contribution in [0.25, 0.3) is 0 Å². The van der Waals surface area contributed by atoms with E-state index in [2.05, 4.69) is 13.2 Å². The zero-order chi connectivity index (χ0) is 24.2. The second kappa shape index (κ2) is 10.4. The number of aliphatic hydroxyl groups excluding tert-OH is 1. The van der Waals surface area contributed by atoms with Crippen molar-refractivity contribution in [2.75, 3.05) is 7.11 Å². The first-order valence-electron chi connectivity index (χ1n) is 10.1. The number of hydrogen-bond donors (Lipinski definition) is 1. The number of fused-ring (bicyclic) bond motifs is 1. The topological polar surface area (TPSA) is 125 Å². The van der Waals surface area contributed by atoms with E-state index in [1.807, 2.05) is 0 Å². The van der Waals surface area contributed by atoms with Gasteiger partial charge in [0.2, 0.25) is 0 Å². The Kier molecular flexibility index (Phi) is 8.15. The molecule has 1 aliphatic heterocycles. The molecule has 5 atom stereocenters. The normalized spacial score (nSPS) is 28.8. The number of esters is 4. The first-order valence-corrected chi connectivity index (χ1v) is 10.1. The third-order valence-corrected chi connectivity index (χ3v) is 5.49. The van der Waals surface area contributed by atoms with Crippen LogP contribution in [0.1, 0.15) is 33.6 Å². The Bertz CT molecular complexity index is 895. The zero-order valence-electron chi connectivity index (χ0n) is 18.6. The fourth-order valence-corrected chi connectivity index (χ4v) is 3.63. The molecule has 9 nitrogen and oxygen atoms in total. The molecule has 5 unspecified atom stereocenters. The predicted octanol–water partition coefficient (Wildman–Crippen LogP) is 1.70. The fourth-order valence-electron chi connectivity index (χ4n) is 3.63. The van der Waals surface area contributed by atoms with Crippen molar-refractivity contribution in [2.45, 2.75) is 58.0 Å². The minimum absolute atomic E-state index is 0.0777. The van der Waals surface area contributed by atoms with Gasteiger partial charge in [0.25, 0.3) is 0 Å². The molecule has 1 N–H and O–H groups in total. The minimum atomic E-state index is -1.45. The molecule has 1 fully saturated rings. The van der Waals surface area contributed by atoms with Gasteiger partial charge in [0.15, 0.2) is 12.2 Å². The lowest BCUT2D eigenvalue weighted by Gasteiger charge is -2.35. The number of hydrogen-bond acceptors (Lipinski definition) is 9. The number of ether oxygens (including phenoxy) is 4. The quantitative estimate of drug-likeness (QED) is 0.296. The van der Waals surface area contributed by atoms with Crippen LogP contribution >= 0.6 is 0 Å². The lowest BCUT2D eigenvalue weighted by atomic mass is 9.80. The summed E-state index contributed by atoms with van der Waals surface area (Å²) in [5.74, 6) is -4.26. The molecule has 0 radical (unpaired) electrons. The lowest BCUT2D eigenvalue weighted by molar-refractivity contribution is -0.170. The maximum Gasteiger partial charge on any atom is 0.337 e. The van der Waals surface area contributed by atoms with Gasteiger partial charge >= 0.3 is 23.9 Å². The van der Waals surface area contributed by atoms with E-state index in [9.17, 15) is 24.3 Å². The van der Waals surface area contributed by atoms with Crippen molar-refractivity contribution in [3.8, 4) is 0 Å². The number of aliphatic hydroxyl groups is 1. The van der Waals surface area contributed by atoms with E-state index in [-0.39, 0.29) is 29.6 Å². The summed E-state index contributed by atoms with van der Waals surface area (Å²) in [5, 5.41) is 10.8. The highest BCUT2D eigenvalue weighted by molar-refractivity contribution is 5.93. The Balaban J connectivity index is 2.73. The maximum absolute atomic E-state index is 12.6. The van der Waals surface area contributed by atoms with Crippen LogP contribution in [0.15, 0.2) is 47.6 Å². The van der Waals surface area contributed by atoms with Crippen molar-refractivity contribution in [1.29, 1.82) is 0 Å². The summed E-state index contributed by atoms with van der Waals surface area (Å²) >= 11 is 0. The molecule has 174 valence electrons. The standard InChI is InChI=1S/C23H28O9/c1-7-11(2)21(26)31-18-15(23(28)29-6)10-8-9-12(3)17(25)19-16(13(4)22(27)32-19)20(18)30-14(5)24/h7,10,16-20,25H,3-4,8-9H2,1-2,5-6H3. The van der Waals surface area contributed by atoms with E-state index in [0.717, 1.165) is 14.0 Å². The summed E-state index contributed by atoms with van der Waals surface area (Å²) < 4.78 is 21.3. The highest BCUT2D eigenvalue weighted by atomic mass is 16.6. The average Bonchev–Trinajstić information content (AvgIpc) is 3.05. The van der Waals surface area contributed by atoms with Gasteiger partial charge in [0.05, 0.1) is 18.6 Å². The van der Waals surface area contributed by atoms with E-state index in [1.165, 1.54) is 19.1 Å². The lowest BCUT2D eigenvalue weighted by Crippen LogP contribution is -2.49. The molecule has 1 aliphatic carbocycles. The molecule has 1 saturated heterocycles. The highest BCUT2D eigenvalue weighted by Crippen LogP contribution is 2.39. The number of methoxy groups -OCH3 is 1. The van der Waals surface area contributed by atoms with Crippen LogP contribution in [0.2, 0.25) is 0 Å². The predicted molar refractivity (Wildman–Crippen MR) is 112 cm³/mol. The Labute approximate surface area is 186 Å². The van der Waals surface area contributed by atoms with Crippen LogP contribution in [0.5, 0.6) is 0 Å². The first-order chi connectivity index (χ1) is 15.0. The summed E-state index contributed by atoms with van der Waals surface area (Å²) in [6.07, 6.45) is -1.87. The van der Waals surface area contributed by atoms with Crippen LogP contribution in [-0.4, -0.2) is 60.5 Å². The van der Waals surface area contributed by atoms with Gasteiger partial charge in [-0.25, -0.2) is 14.4 Å². The maximum atomic E-state index is 12.6. The SMILES string of the molecule is C=C1CCC=C(C(=O)OC)C(OC(=O)C(C)=CC)C(OC(C)=O)C2C(=C)C(=O)OC2C1O. The van der Waals surface area contributed by atoms with Crippen molar-refractivity contribution in [1.82, 2.24) is 0 Å². The van der Waals surface area contributed by atoms with Gasteiger partial charge in [-0.15, -0.1) is 0 Å². The van der Waals surface area contributed by atoms with Gasteiger partial charge in [-0.2, -0.15) is 0 Å². The molecule has 2 rings (SSSR count). The molecule has 1 heterocycles. The molecule has 0 bridgehead atoms. The Morgan fingerprint density at radius 1 is 1.22 bits per heavy atom. The Morgan fingerprint density at radius 2 is 1.88 bits per heavy atom. The molecule has 0 spiro atoms. The van der Waals surface area contributed by atoms with Crippen molar-refractivity contribution < 1.29 is 43.2 Å². The van der Waals surface area contributed by atoms with Gasteiger partial charge in [-0.05, 0) is 32.3 Å². The summed E-state index contributed by atoms with van der Waals surface area (Å²) in [6.45, 7) is 11.8. The number of carbonyl (C=O) groups excluding carboxylic acids is 4. The van der Waals surface area contributed by atoms with Gasteiger partial charge in [0, 0.05) is 18.1 Å². The van der Waals surface area contributed by atoms with Gasteiger partial charge in [0.1, 0.15) is 12.2 Å². The minimum Gasteiger partial charge on any atom is -0.466 e. The monoisotopic (exact) mass is 448 g/mol. The van der Waals surface area contributed by atoms with E-state index < -0.39 is 54.2 Å². The smallest absolute Gasteiger partial charge is 0.337 e. The van der Waals surface area contributed by atoms with Crippen molar-refractivity contribution in [3.63, 3.8) is 0 Å². The summed E-state index contributed by atoms with van der Waals surface area (Å²) in [5.41, 5.74) is 0.424. The summed E-state index contributed by atoms with van der Waals surface area (Å²) in [4.78, 5) is 49.6. The summed E-state index contributed by atoms with van der Waals surface area (Å²) in [7, 11) is 1.16. The molecule has 32 heavy (non-hydrogen) atoms. The van der Waals surface area contributed by atoms with E-state index >= 15 is 0 Å². The third-order valence-electron chi connectivity index (χ3n) is 5.49. The molecule has 2 aliphatic rings. The van der Waals surface area contributed by atoms with Crippen molar-refractivity contribution in [3.05, 3.63) is 47.6 Å². The average molecular weight is 448 g/mol. The molecule has 0 amide bonds. The molecule has 0 aromatic rings. The number of allylic oxidation sites excluding steroid dienone is 2. The van der Waals surface area contributed by atoms with Crippen LogP contribution in [0, 0.1) is 5.92 Å². The molecule has 9 heteroatoms. The Hall–Kier alpha value is -3.20. The first kappa shape index (κ1) is 25.1. The summed E-state index contributed by atoms with van der Waals surface area (Å²) in [6, 6.07) is 0. The molecular formula is C23H28O9. The number of rotatable bonds is 4. The molecule has 0 aromatic carbocycles. The second-order valence-corrected chi connectivity index (χ2v) is 7.59. The van der Waals surface area contributed by atoms with E-state index in [0.29, 0.717) is 5.57 Å². The largest absolute Gasteiger partial charge is 0.466 e. The zero-order valence-corrected chi connectivity index (χ0v) is 18.6. The second-order valence-electron chi connectivity index (χ2n) is 7.59. The van der Waals surface area contributed by atoms with Gasteiger partial charge < -0.3 is 24.1 Å². The van der Waals surface area contributed by atoms with E-state index in [1.54, 1.807) is 6.92 Å². The highest BCUT2D eigenvalue weighted by Gasteiger charge is 2.53. The molecule has 0 aromatic heterocycles. The molecular weight excluding hydrogens is 420 g/mol. The van der Waals surface area contributed by atoms with Crippen LogP contribution < -0.4 is 0 Å². The third kappa shape index (κ3) is 5.16. The van der Waals surface area contributed by atoms with E-state index in [4.69, 9.17) is 18.9 Å². The van der Waals surface area contributed by atoms with Gasteiger partial charge in [-0.3, -0.25) is 4.79 Å². The van der Waals surface area contributed by atoms with Crippen molar-refractivity contribution in [2.24, 2.45) is 5.92 Å². The molecule has 0 saturated carbocycles. The van der Waals surface area contributed by atoms with Crippen LogP contribution in [0.4, 0.5) is 0 Å². The fraction of sp³-hybridized carbons (Fsp3) is 0.478. The van der Waals surface area contributed by atoms with Crippen molar-refractivity contribution >= 4 is 23.9 Å². The van der Waals surface area contributed by atoms with Crippen LogP contribution in [-0.2, 0) is 38.1 Å². The Morgan fingerprint density at radius 3 is 2.44 bits per heavy atom. The van der Waals surface area contributed by atoms with Crippen LogP contribution in [0.3, 0.4) is 0 Å². The number of carbonyl (C=O) groups is 4. The van der Waals surface area contributed by atoms with Gasteiger partial charge in [-0.1, -0.05) is 25.3 Å².